The van der Waals surface area contributed by atoms with Crippen LogP contribution in [-0.2, 0) is 6.54 Å². The second-order valence-corrected chi connectivity index (χ2v) is 5.77. The summed E-state index contributed by atoms with van der Waals surface area (Å²) in [4.78, 5) is 21.3. The number of aryl methyl sites for hydroxylation is 1. The average Bonchev–Trinajstić information content (AvgIpc) is 3.16. The monoisotopic (exact) mass is 317 g/mol. The van der Waals surface area contributed by atoms with Crippen LogP contribution in [0.4, 0.5) is 0 Å². The van der Waals surface area contributed by atoms with Crippen molar-refractivity contribution >= 4 is 28.8 Å². The van der Waals surface area contributed by atoms with E-state index in [0.29, 0.717) is 17.1 Å². The van der Waals surface area contributed by atoms with Gasteiger partial charge in [0.05, 0.1) is 23.6 Å². The lowest BCUT2D eigenvalue weighted by molar-refractivity contribution is 0.0953. The molecule has 0 saturated heterocycles. The van der Waals surface area contributed by atoms with Crippen molar-refractivity contribution in [3.8, 4) is 11.3 Å². The Morgan fingerprint density at radius 2 is 2.19 bits per heavy atom. The highest BCUT2D eigenvalue weighted by atomic mass is 32.1. The van der Waals surface area contributed by atoms with Crippen molar-refractivity contribution in [2.24, 2.45) is 0 Å². The highest BCUT2D eigenvalue weighted by Gasteiger charge is 2.14. The van der Waals surface area contributed by atoms with Crippen LogP contribution in [0.5, 0.6) is 0 Å². The van der Waals surface area contributed by atoms with Crippen LogP contribution in [0.3, 0.4) is 0 Å². The molecule has 0 unspecified atom stereocenters. The minimum atomic E-state index is -0.190. The molecule has 21 heavy (non-hydrogen) atoms. The molecule has 0 spiro atoms. The normalized spacial score (nSPS) is 10.5. The summed E-state index contributed by atoms with van der Waals surface area (Å²) in [7, 11) is 0. The highest BCUT2D eigenvalue weighted by molar-refractivity contribution is 7.08. The molecule has 1 N–H and O–H groups in total. The Morgan fingerprint density at radius 1 is 1.33 bits per heavy atom. The van der Waals surface area contributed by atoms with E-state index in [-0.39, 0.29) is 5.91 Å². The lowest BCUT2D eigenvalue weighted by atomic mass is 10.2. The zero-order chi connectivity index (χ0) is 14.7. The zero-order valence-corrected chi connectivity index (χ0v) is 12.7. The van der Waals surface area contributed by atoms with Crippen LogP contribution >= 0.6 is 22.9 Å². The summed E-state index contributed by atoms with van der Waals surface area (Å²) in [6.07, 6.45) is 3.27. The van der Waals surface area contributed by atoms with Crippen molar-refractivity contribution in [3.05, 3.63) is 45.5 Å². The molecule has 0 fully saturated rings. The molecule has 3 aromatic rings. The number of carbonyl (C=O) groups excluding carboxylic acids is 1. The molecule has 0 aliphatic carbocycles. The van der Waals surface area contributed by atoms with Gasteiger partial charge in [0.1, 0.15) is 4.88 Å². The molecule has 0 saturated carbocycles. The van der Waals surface area contributed by atoms with Crippen molar-refractivity contribution in [2.45, 2.75) is 13.5 Å². The number of aromatic nitrogens is 4. The van der Waals surface area contributed by atoms with Crippen LogP contribution in [0.15, 0.2) is 29.2 Å². The topological polar surface area (TPSA) is 80.7 Å². The Kier molecular flexibility index (Phi) is 3.98. The molecule has 0 radical (unpaired) electrons. The van der Waals surface area contributed by atoms with Crippen LogP contribution in [-0.4, -0.2) is 25.5 Å². The number of rotatable bonds is 4. The maximum absolute atomic E-state index is 12.1. The number of carbonyl (C=O) groups is 1. The summed E-state index contributed by atoms with van der Waals surface area (Å²) in [6.45, 7) is 2.08. The van der Waals surface area contributed by atoms with E-state index in [4.69, 9.17) is 0 Å². The third-order valence-electron chi connectivity index (χ3n) is 2.84. The first-order chi connectivity index (χ1) is 10.3. The summed E-state index contributed by atoms with van der Waals surface area (Å²) >= 11 is 2.68. The lowest BCUT2D eigenvalue weighted by Crippen LogP contribution is -2.23. The fraction of sp³-hybridized carbons (Fsp3) is 0.154. The summed E-state index contributed by atoms with van der Waals surface area (Å²) in [5.74, 6) is -0.190. The fourth-order valence-electron chi connectivity index (χ4n) is 1.82. The van der Waals surface area contributed by atoms with Crippen molar-refractivity contribution < 1.29 is 4.79 Å². The van der Waals surface area contributed by atoms with Gasteiger partial charge in [-0.25, -0.2) is 0 Å². The van der Waals surface area contributed by atoms with E-state index in [2.05, 4.69) is 24.9 Å². The molecule has 0 bridgehead atoms. The largest absolute Gasteiger partial charge is 0.345 e. The van der Waals surface area contributed by atoms with Gasteiger partial charge >= 0.3 is 0 Å². The maximum atomic E-state index is 12.1. The van der Waals surface area contributed by atoms with Crippen LogP contribution in [0, 0.1) is 6.92 Å². The molecular weight excluding hydrogens is 306 g/mol. The van der Waals surface area contributed by atoms with Gasteiger partial charge in [-0.1, -0.05) is 4.49 Å². The number of hydrogen-bond acceptors (Lipinski definition) is 7. The molecule has 3 aromatic heterocycles. The zero-order valence-electron chi connectivity index (χ0n) is 11.1. The molecule has 0 aromatic carbocycles. The third-order valence-corrected chi connectivity index (χ3v) is 4.35. The van der Waals surface area contributed by atoms with Gasteiger partial charge < -0.3 is 5.32 Å². The Balaban J connectivity index is 1.77. The van der Waals surface area contributed by atoms with E-state index in [1.54, 1.807) is 30.7 Å². The van der Waals surface area contributed by atoms with Crippen molar-refractivity contribution in [2.75, 3.05) is 0 Å². The van der Waals surface area contributed by atoms with E-state index in [9.17, 15) is 4.79 Å². The molecule has 0 aliphatic rings. The van der Waals surface area contributed by atoms with E-state index < -0.39 is 0 Å². The van der Waals surface area contributed by atoms with E-state index in [0.717, 1.165) is 28.5 Å². The lowest BCUT2D eigenvalue weighted by Gasteiger charge is -2.07. The van der Waals surface area contributed by atoms with E-state index >= 15 is 0 Å². The third kappa shape index (κ3) is 2.96. The molecule has 3 heterocycles. The number of nitrogens with zero attached hydrogens (tertiary/aromatic N) is 4. The van der Waals surface area contributed by atoms with Crippen molar-refractivity contribution in [3.63, 3.8) is 0 Å². The summed E-state index contributed by atoms with van der Waals surface area (Å²) in [5.41, 5.74) is 3.17. The quantitative estimate of drug-likeness (QED) is 0.798. The molecule has 0 aliphatic heterocycles. The smallest absolute Gasteiger partial charge is 0.265 e. The SMILES string of the molecule is Cc1nnsc1C(=O)NCc1nccnc1-c1ccsc1. The number of thiophene rings is 1. The molecular formula is C13H11N5OS2. The fourth-order valence-corrected chi connectivity index (χ4v) is 3.03. The maximum Gasteiger partial charge on any atom is 0.265 e. The van der Waals surface area contributed by atoms with Crippen LogP contribution < -0.4 is 5.32 Å². The van der Waals surface area contributed by atoms with Gasteiger partial charge in [0.15, 0.2) is 0 Å². The first-order valence-electron chi connectivity index (χ1n) is 6.15. The molecule has 0 atom stereocenters. The minimum absolute atomic E-state index is 0.190. The van der Waals surface area contributed by atoms with Gasteiger partial charge in [0.2, 0.25) is 0 Å². The number of nitrogens with one attached hydrogen (secondary N) is 1. The van der Waals surface area contributed by atoms with Crippen LogP contribution in [0.25, 0.3) is 11.3 Å². The molecule has 6 nitrogen and oxygen atoms in total. The molecule has 1 amide bonds. The van der Waals surface area contributed by atoms with Crippen LogP contribution in [0.1, 0.15) is 21.1 Å². The Bertz CT molecular complexity index is 754. The van der Waals surface area contributed by atoms with Crippen LogP contribution in [0.2, 0.25) is 0 Å². The highest BCUT2D eigenvalue weighted by Crippen LogP contribution is 2.22. The van der Waals surface area contributed by atoms with E-state index in [1.807, 2.05) is 16.8 Å². The average molecular weight is 317 g/mol. The molecule has 8 heteroatoms. The second kappa shape index (κ2) is 6.06. The number of hydrogen-bond donors (Lipinski definition) is 1. The summed E-state index contributed by atoms with van der Waals surface area (Å²) < 4.78 is 3.76. The molecule has 106 valence electrons. The van der Waals surface area contributed by atoms with Gasteiger partial charge in [0.25, 0.3) is 5.91 Å². The summed E-state index contributed by atoms with van der Waals surface area (Å²) in [6, 6.07) is 1.98. The Labute approximate surface area is 129 Å². The van der Waals surface area contributed by atoms with E-state index in [1.165, 1.54) is 0 Å². The first-order valence-corrected chi connectivity index (χ1v) is 7.87. The summed E-state index contributed by atoms with van der Waals surface area (Å²) in [5, 5.41) is 10.7. The number of amides is 1. The standard InChI is InChI=1S/C13H11N5OS2/c1-8-12(21-18-17-8)13(19)16-6-10-11(15-4-3-14-10)9-2-5-20-7-9/h2-5,7H,6H2,1H3,(H,16,19). The van der Waals surface area contributed by atoms with Gasteiger partial charge in [0, 0.05) is 23.3 Å². The first kappa shape index (κ1) is 13.8. The van der Waals surface area contributed by atoms with Gasteiger partial charge in [-0.05, 0) is 29.9 Å². The Morgan fingerprint density at radius 3 is 2.90 bits per heavy atom. The van der Waals surface area contributed by atoms with Gasteiger partial charge in [-0.3, -0.25) is 14.8 Å². The molecule has 3 rings (SSSR count). The predicted octanol–water partition coefficient (Wildman–Crippen LogP) is 2.30. The predicted molar refractivity (Wildman–Crippen MR) is 81.2 cm³/mol. The van der Waals surface area contributed by atoms with Gasteiger partial charge in [-0.2, -0.15) is 11.3 Å². The van der Waals surface area contributed by atoms with Gasteiger partial charge in [-0.15, -0.1) is 5.10 Å². The minimum Gasteiger partial charge on any atom is -0.345 e. The van der Waals surface area contributed by atoms with Crippen molar-refractivity contribution in [1.82, 2.24) is 24.9 Å². The Hall–Kier alpha value is -2.19. The van der Waals surface area contributed by atoms with Crippen molar-refractivity contribution in [1.29, 1.82) is 0 Å². The second-order valence-electron chi connectivity index (χ2n) is 4.23.